The van der Waals surface area contributed by atoms with Crippen LogP contribution in [0.3, 0.4) is 0 Å². The molecule has 4 heterocycles. The molecule has 2 aromatic heterocycles. The van der Waals surface area contributed by atoms with Crippen molar-refractivity contribution < 1.29 is 70.3 Å². The second-order valence-corrected chi connectivity index (χ2v) is 19.2. The summed E-state index contributed by atoms with van der Waals surface area (Å²) in [5, 5.41) is 15.0. The van der Waals surface area contributed by atoms with Crippen molar-refractivity contribution in [3.05, 3.63) is 89.2 Å². The predicted molar refractivity (Wildman–Crippen MR) is 231 cm³/mol. The highest BCUT2D eigenvalue weighted by molar-refractivity contribution is 7.66. The smallest absolute Gasteiger partial charge is 0.478 e. The molecule has 336 valence electrons. The Labute approximate surface area is 363 Å². The van der Waals surface area contributed by atoms with Crippen LogP contribution in [-0.2, 0) is 31.6 Å². The van der Waals surface area contributed by atoms with Crippen LogP contribution in [0.4, 0.5) is 11.5 Å². The van der Waals surface area contributed by atoms with Crippen molar-refractivity contribution in [2.24, 2.45) is 0 Å². The predicted octanol–water partition coefficient (Wildman–Crippen LogP) is 4.13. The lowest BCUT2D eigenvalue weighted by Crippen LogP contribution is -2.24. The molecule has 0 radical (unpaired) electrons. The molecule has 1 aliphatic carbocycles. The van der Waals surface area contributed by atoms with E-state index >= 15 is 0 Å². The number of rotatable bonds is 13. The molecule has 1 fully saturated rings. The van der Waals surface area contributed by atoms with Crippen LogP contribution in [0, 0.1) is 11.8 Å². The summed E-state index contributed by atoms with van der Waals surface area (Å²) in [5.41, 5.74) is 9.99. The Morgan fingerprint density at radius 1 is 0.984 bits per heavy atom. The number of nitrogens with one attached hydrogen (secondary N) is 1. The maximum atomic E-state index is 13.7. The van der Waals surface area contributed by atoms with Crippen LogP contribution >= 0.6 is 23.5 Å². The van der Waals surface area contributed by atoms with Crippen LogP contribution in [0.5, 0.6) is 0 Å². The fourth-order valence-corrected chi connectivity index (χ4v) is 10.1. The summed E-state index contributed by atoms with van der Waals surface area (Å²) in [7, 11) is -9.03. The lowest BCUT2D eigenvalue weighted by Gasteiger charge is -2.19. The van der Waals surface area contributed by atoms with Gasteiger partial charge >= 0.3 is 29.4 Å². The van der Waals surface area contributed by atoms with E-state index in [1.54, 1.807) is 10.8 Å². The highest BCUT2D eigenvalue weighted by Gasteiger charge is 2.41. The average molecular weight is 941 g/mol. The number of hydrogen-bond donors (Lipinski definition) is 7. The van der Waals surface area contributed by atoms with E-state index in [0.29, 0.717) is 56.4 Å². The SMILES string of the molecule is CN(C)c1ccc2c(-c3cc(C(=O)NCC#Cc4cn([C@H]5CC[C@@H](COP(=O)(O)OP(=O)(O)OP(=O)(O)O)O5)c5ncnc(N)c45)ccc3C(=O)O)c3ccc(=[N+](C)C)cc-3oc2c1. The summed E-state index contributed by atoms with van der Waals surface area (Å²) in [5.74, 6) is 4.77. The number of ether oxygens (including phenoxy) is 1. The van der Waals surface area contributed by atoms with Crippen molar-refractivity contribution >= 4 is 68.9 Å². The van der Waals surface area contributed by atoms with E-state index in [1.807, 2.05) is 74.1 Å². The van der Waals surface area contributed by atoms with E-state index in [9.17, 15) is 38.2 Å². The number of phosphoric acid groups is 3. The zero-order chi connectivity index (χ0) is 46.3. The minimum Gasteiger partial charge on any atom is -0.478 e. The van der Waals surface area contributed by atoms with Crippen molar-refractivity contribution in [1.29, 1.82) is 0 Å². The Hall–Kier alpha value is -5.78. The zero-order valence-corrected chi connectivity index (χ0v) is 37.0. The number of carbonyl (C=O) groups excluding carboxylic acids is 1. The molecule has 0 saturated carbocycles. The number of fused-ring (bicyclic) bond motifs is 3. The molecule has 4 atom stereocenters. The van der Waals surface area contributed by atoms with Crippen LogP contribution in [-0.4, -0.2) is 98.5 Å². The Balaban J connectivity index is 1.11. The monoisotopic (exact) mass is 940 g/mol. The number of phosphoric ester groups is 1. The third kappa shape index (κ3) is 10.3. The highest BCUT2D eigenvalue weighted by atomic mass is 31.3. The van der Waals surface area contributed by atoms with E-state index in [2.05, 4.69) is 35.7 Å². The number of aromatic carboxylic acids is 1. The first kappa shape index (κ1) is 46.2. The molecule has 2 unspecified atom stereocenters. The van der Waals surface area contributed by atoms with Crippen LogP contribution in [0.25, 0.3) is 44.5 Å². The first-order valence-corrected chi connectivity index (χ1v) is 23.5. The van der Waals surface area contributed by atoms with Gasteiger partial charge in [-0.2, -0.15) is 8.62 Å². The van der Waals surface area contributed by atoms with Gasteiger partial charge in [0.1, 0.15) is 49.5 Å². The van der Waals surface area contributed by atoms with Gasteiger partial charge in [-0.05, 0) is 54.8 Å². The number of carboxylic acid groups (broad SMARTS) is 1. The van der Waals surface area contributed by atoms with E-state index < -0.39 is 54.3 Å². The molecular formula is C39H41N7O15P3+. The quantitative estimate of drug-likeness (QED) is 0.0370. The normalized spacial score (nSPS) is 17.1. The van der Waals surface area contributed by atoms with Gasteiger partial charge in [-0.3, -0.25) is 9.32 Å². The zero-order valence-electron chi connectivity index (χ0n) is 34.3. The fourth-order valence-electron chi connectivity index (χ4n) is 7.08. The molecule has 0 bridgehead atoms. The Morgan fingerprint density at radius 2 is 1.75 bits per heavy atom. The first-order valence-electron chi connectivity index (χ1n) is 19.0. The molecule has 0 spiro atoms. The van der Waals surface area contributed by atoms with Crippen LogP contribution in [0.15, 0.2) is 71.5 Å². The van der Waals surface area contributed by atoms with E-state index in [1.165, 1.54) is 24.5 Å². The van der Waals surface area contributed by atoms with Gasteiger partial charge < -0.3 is 54.4 Å². The molecule has 1 saturated heterocycles. The summed E-state index contributed by atoms with van der Waals surface area (Å²) >= 11 is 0. The van der Waals surface area contributed by atoms with E-state index in [0.717, 1.165) is 11.0 Å². The lowest BCUT2D eigenvalue weighted by atomic mass is 9.89. The van der Waals surface area contributed by atoms with Gasteiger partial charge in [0.05, 0.1) is 41.8 Å². The Kier molecular flexibility index (Phi) is 13.0. The van der Waals surface area contributed by atoms with E-state index in [4.69, 9.17) is 29.2 Å². The van der Waals surface area contributed by atoms with Crippen molar-refractivity contribution in [2.75, 3.05) is 52.0 Å². The number of carboxylic acids is 1. The second-order valence-electron chi connectivity index (χ2n) is 14.8. The molecule has 2 aliphatic heterocycles. The molecular weight excluding hydrogens is 899 g/mol. The van der Waals surface area contributed by atoms with Crippen LogP contribution in [0.1, 0.15) is 45.3 Å². The number of anilines is 2. The second kappa shape index (κ2) is 18.0. The summed E-state index contributed by atoms with van der Waals surface area (Å²) in [6.45, 7) is -0.776. The number of nitrogens with two attached hydrogens (primary N) is 1. The molecule has 64 heavy (non-hydrogen) atoms. The standard InChI is InChI=1S/C39H40N7O15P3/c1-44(2)24-8-12-28-31(17-24)59-32-18-25(45(3)4)9-13-29(32)35(28)30-16-22(7-11-27(30)39(48)49)38(47)41-15-5-6-23-19-46(37-34(23)36(40)42-21-43-37)33-14-10-26(58-33)20-57-63(53,54)61-64(55,56)60-62(50,51)52/h7-9,11-13,16-19,21,26,33H,10,14-15,20H2,1-4H3,(H7-,40,41,42,43,47,48,49,50,51,52,53,54,55,56)/p+1/t26-,33+/m0/s1. The van der Waals surface area contributed by atoms with Gasteiger partial charge in [0.2, 0.25) is 5.36 Å². The largest absolute Gasteiger partial charge is 0.490 e. The van der Waals surface area contributed by atoms with Crippen molar-refractivity contribution in [3.8, 4) is 34.3 Å². The van der Waals surface area contributed by atoms with Crippen LogP contribution in [0.2, 0.25) is 0 Å². The number of amides is 1. The van der Waals surface area contributed by atoms with Gasteiger partial charge in [-0.15, -0.1) is 0 Å². The maximum Gasteiger partial charge on any atom is 0.490 e. The minimum absolute atomic E-state index is 0.0217. The summed E-state index contributed by atoms with van der Waals surface area (Å²) in [6, 6.07) is 15.6. The van der Waals surface area contributed by atoms with Gasteiger partial charge in [0, 0.05) is 60.2 Å². The number of nitrogens with zero attached hydrogens (tertiary/aromatic N) is 5. The van der Waals surface area contributed by atoms with Gasteiger partial charge in [0.15, 0.2) is 0 Å². The Bertz CT molecular complexity index is 3100. The number of nitrogen functional groups attached to an aromatic ring is 1. The summed E-state index contributed by atoms with van der Waals surface area (Å²) in [6.07, 6.45) is 1.81. The third-order valence-electron chi connectivity index (χ3n) is 9.94. The molecule has 22 nitrogen and oxygen atoms in total. The molecule has 4 aromatic rings. The first-order chi connectivity index (χ1) is 30.1. The van der Waals surface area contributed by atoms with E-state index in [-0.39, 0.29) is 29.9 Å². The van der Waals surface area contributed by atoms with Gasteiger partial charge in [0.25, 0.3) is 5.91 Å². The van der Waals surface area contributed by atoms with Crippen LogP contribution < -0.4 is 25.9 Å². The van der Waals surface area contributed by atoms with Gasteiger partial charge in [-0.1, -0.05) is 11.8 Å². The maximum absolute atomic E-state index is 13.7. The summed E-state index contributed by atoms with van der Waals surface area (Å²) in [4.78, 5) is 73.4. The third-order valence-corrected chi connectivity index (χ3v) is 13.7. The molecule has 8 N–H and O–H groups in total. The number of hydrogen-bond acceptors (Lipinski definition) is 14. The molecule has 1 amide bonds. The number of carbonyl (C=O) groups is 2. The average Bonchev–Trinajstić information content (AvgIpc) is 3.84. The topological polar surface area (TPSA) is 312 Å². The highest BCUT2D eigenvalue weighted by Crippen LogP contribution is 2.66. The van der Waals surface area contributed by atoms with Crippen molar-refractivity contribution in [2.45, 2.75) is 25.2 Å². The molecule has 3 aliphatic rings. The van der Waals surface area contributed by atoms with Crippen molar-refractivity contribution in [3.63, 3.8) is 0 Å². The molecule has 25 heteroatoms. The summed E-state index contributed by atoms with van der Waals surface area (Å²) < 4.78 is 63.0. The Morgan fingerprint density at radius 3 is 2.45 bits per heavy atom. The van der Waals surface area contributed by atoms with Crippen molar-refractivity contribution in [1.82, 2.24) is 24.4 Å². The minimum atomic E-state index is -5.69. The molecule has 2 aromatic carbocycles. The van der Waals surface area contributed by atoms with Gasteiger partial charge in [-0.25, -0.2) is 33.0 Å². The molecule has 7 rings (SSSR count). The lowest BCUT2D eigenvalue weighted by molar-refractivity contribution is -0.0202. The number of aromatic nitrogens is 3. The fraction of sp³-hybridized carbons (Fsp3) is 0.256. The number of benzene rings is 3.